The first-order chi connectivity index (χ1) is 8.08. The van der Waals surface area contributed by atoms with Gasteiger partial charge in [-0.1, -0.05) is 43.7 Å². The van der Waals surface area contributed by atoms with E-state index in [-0.39, 0.29) is 0 Å². The van der Waals surface area contributed by atoms with E-state index in [4.69, 9.17) is 0 Å². The van der Waals surface area contributed by atoms with Crippen LogP contribution in [0.5, 0.6) is 0 Å². The Morgan fingerprint density at radius 1 is 1.00 bits per heavy atom. The van der Waals surface area contributed by atoms with Gasteiger partial charge in [0.25, 0.3) is 0 Å². The van der Waals surface area contributed by atoms with Crippen molar-refractivity contribution in [3.8, 4) is 11.3 Å². The lowest BCUT2D eigenvalue weighted by Crippen LogP contribution is -1.92. The van der Waals surface area contributed by atoms with Crippen molar-refractivity contribution in [1.82, 2.24) is 4.98 Å². The van der Waals surface area contributed by atoms with Crippen LogP contribution in [0.1, 0.15) is 36.5 Å². The average Bonchev–Trinajstić information content (AvgIpc) is 2.29. The summed E-state index contributed by atoms with van der Waals surface area (Å²) in [6.45, 7) is 8.63. The molecule has 1 heterocycles. The largest absolute Gasteiger partial charge is 0.256 e. The molecule has 0 fully saturated rings. The van der Waals surface area contributed by atoms with Crippen LogP contribution < -0.4 is 0 Å². The van der Waals surface area contributed by atoms with Crippen molar-refractivity contribution in [2.24, 2.45) is 0 Å². The molecule has 0 radical (unpaired) electrons. The predicted molar refractivity (Wildman–Crippen MR) is 73.2 cm³/mol. The average molecular weight is 225 g/mol. The van der Waals surface area contributed by atoms with Crippen LogP contribution >= 0.6 is 0 Å². The number of hydrogen-bond acceptors (Lipinski definition) is 1. The molecule has 0 aliphatic rings. The third-order valence-electron chi connectivity index (χ3n) is 3.11. The van der Waals surface area contributed by atoms with Crippen molar-refractivity contribution >= 4 is 0 Å². The quantitative estimate of drug-likeness (QED) is 0.734. The lowest BCUT2D eigenvalue weighted by molar-refractivity contribution is 0.859. The van der Waals surface area contributed by atoms with E-state index in [0.717, 1.165) is 5.69 Å². The smallest absolute Gasteiger partial charge is 0.0704 e. The first-order valence-corrected chi connectivity index (χ1v) is 6.11. The molecule has 0 atom stereocenters. The lowest BCUT2D eigenvalue weighted by atomic mass is 10.0. The molecule has 2 aromatic rings. The Morgan fingerprint density at radius 3 is 2.29 bits per heavy atom. The highest BCUT2D eigenvalue weighted by molar-refractivity contribution is 5.63. The predicted octanol–water partition coefficient (Wildman–Crippen LogP) is 4.49. The molecule has 1 aromatic heterocycles. The molecule has 0 saturated heterocycles. The van der Waals surface area contributed by atoms with Gasteiger partial charge in [0.05, 0.1) is 5.69 Å². The van der Waals surface area contributed by atoms with Gasteiger partial charge in [-0.25, -0.2) is 0 Å². The van der Waals surface area contributed by atoms with E-state index in [9.17, 15) is 0 Å². The van der Waals surface area contributed by atoms with Crippen molar-refractivity contribution in [3.05, 3.63) is 53.2 Å². The fourth-order valence-corrected chi connectivity index (χ4v) is 2.01. The number of aryl methyl sites for hydroxylation is 2. The SMILES string of the molecule is Cc1ccc(-c2ccc(C(C)C)cn2)c(C)c1. The number of rotatable bonds is 2. The van der Waals surface area contributed by atoms with Crippen molar-refractivity contribution in [1.29, 1.82) is 0 Å². The fraction of sp³-hybridized carbons (Fsp3) is 0.312. The Labute approximate surface area is 104 Å². The number of aromatic nitrogens is 1. The maximum Gasteiger partial charge on any atom is 0.0704 e. The van der Waals surface area contributed by atoms with Crippen molar-refractivity contribution < 1.29 is 0 Å². The second-order valence-corrected chi connectivity index (χ2v) is 4.95. The molecule has 17 heavy (non-hydrogen) atoms. The van der Waals surface area contributed by atoms with E-state index in [2.05, 4.69) is 63.0 Å². The highest BCUT2D eigenvalue weighted by atomic mass is 14.7. The second kappa shape index (κ2) is 4.70. The summed E-state index contributed by atoms with van der Waals surface area (Å²) >= 11 is 0. The molecular formula is C16H19N. The second-order valence-electron chi connectivity index (χ2n) is 4.95. The first kappa shape index (κ1) is 11.8. The molecule has 0 spiro atoms. The zero-order chi connectivity index (χ0) is 12.4. The highest BCUT2D eigenvalue weighted by Crippen LogP contribution is 2.23. The molecule has 1 aromatic carbocycles. The van der Waals surface area contributed by atoms with Crippen LogP contribution in [-0.2, 0) is 0 Å². The van der Waals surface area contributed by atoms with Gasteiger partial charge in [0.15, 0.2) is 0 Å². The van der Waals surface area contributed by atoms with Crippen LogP contribution in [0.25, 0.3) is 11.3 Å². The molecule has 0 saturated carbocycles. The van der Waals surface area contributed by atoms with E-state index >= 15 is 0 Å². The minimum Gasteiger partial charge on any atom is -0.256 e. The minimum atomic E-state index is 0.538. The van der Waals surface area contributed by atoms with Crippen molar-refractivity contribution in [2.75, 3.05) is 0 Å². The molecular weight excluding hydrogens is 206 g/mol. The number of pyridine rings is 1. The number of nitrogens with zero attached hydrogens (tertiary/aromatic N) is 1. The molecule has 0 bridgehead atoms. The van der Waals surface area contributed by atoms with Crippen LogP contribution in [0.2, 0.25) is 0 Å². The van der Waals surface area contributed by atoms with Gasteiger partial charge < -0.3 is 0 Å². The Balaban J connectivity index is 2.40. The Hall–Kier alpha value is -1.63. The van der Waals surface area contributed by atoms with Crippen LogP contribution in [-0.4, -0.2) is 4.98 Å². The van der Waals surface area contributed by atoms with Gasteiger partial charge in [-0.3, -0.25) is 4.98 Å². The van der Waals surface area contributed by atoms with Crippen LogP contribution in [0, 0.1) is 13.8 Å². The topological polar surface area (TPSA) is 12.9 Å². The molecule has 0 aliphatic carbocycles. The molecule has 0 aliphatic heterocycles. The Kier molecular flexibility index (Phi) is 3.28. The molecule has 1 nitrogen and oxygen atoms in total. The lowest BCUT2D eigenvalue weighted by Gasteiger charge is -2.08. The third kappa shape index (κ3) is 2.55. The van der Waals surface area contributed by atoms with Gasteiger partial charge in [-0.05, 0) is 37.0 Å². The van der Waals surface area contributed by atoms with Gasteiger partial charge in [-0.15, -0.1) is 0 Å². The van der Waals surface area contributed by atoms with Gasteiger partial charge in [0.2, 0.25) is 0 Å². The summed E-state index contributed by atoms with van der Waals surface area (Å²) in [6, 6.07) is 10.8. The Bertz CT molecular complexity index is 510. The summed E-state index contributed by atoms with van der Waals surface area (Å²) in [6.07, 6.45) is 1.99. The maximum absolute atomic E-state index is 4.56. The van der Waals surface area contributed by atoms with E-state index < -0.39 is 0 Å². The van der Waals surface area contributed by atoms with Crippen LogP contribution in [0.4, 0.5) is 0 Å². The fourth-order valence-electron chi connectivity index (χ4n) is 2.01. The molecule has 1 heteroatoms. The monoisotopic (exact) mass is 225 g/mol. The zero-order valence-corrected chi connectivity index (χ0v) is 11.0. The van der Waals surface area contributed by atoms with E-state index in [1.807, 2.05) is 6.20 Å². The summed E-state index contributed by atoms with van der Waals surface area (Å²) in [5.41, 5.74) is 6.16. The molecule has 2 rings (SSSR count). The molecule has 0 unspecified atom stereocenters. The Morgan fingerprint density at radius 2 is 1.76 bits per heavy atom. The van der Waals surface area contributed by atoms with Gasteiger partial charge in [-0.2, -0.15) is 0 Å². The van der Waals surface area contributed by atoms with Crippen LogP contribution in [0.15, 0.2) is 36.5 Å². The van der Waals surface area contributed by atoms with Gasteiger partial charge in [0.1, 0.15) is 0 Å². The molecule has 0 amide bonds. The number of hydrogen-bond donors (Lipinski definition) is 0. The van der Waals surface area contributed by atoms with Gasteiger partial charge >= 0.3 is 0 Å². The standard InChI is InChI=1S/C16H19N/c1-11(2)14-6-8-16(17-10-14)15-7-5-12(3)9-13(15)4/h5-11H,1-4H3. The summed E-state index contributed by atoms with van der Waals surface area (Å²) < 4.78 is 0. The zero-order valence-electron chi connectivity index (χ0n) is 11.0. The van der Waals surface area contributed by atoms with Crippen molar-refractivity contribution in [2.45, 2.75) is 33.6 Å². The van der Waals surface area contributed by atoms with Crippen LogP contribution in [0.3, 0.4) is 0 Å². The normalized spacial score (nSPS) is 10.9. The summed E-state index contributed by atoms with van der Waals surface area (Å²) in [7, 11) is 0. The summed E-state index contributed by atoms with van der Waals surface area (Å²) in [4.78, 5) is 4.56. The number of benzene rings is 1. The van der Waals surface area contributed by atoms with Crippen molar-refractivity contribution in [3.63, 3.8) is 0 Å². The highest BCUT2D eigenvalue weighted by Gasteiger charge is 2.04. The van der Waals surface area contributed by atoms with E-state index in [1.54, 1.807) is 0 Å². The molecule has 0 N–H and O–H groups in total. The minimum absolute atomic E-state index is 0.538. The maximum atomic E-state index is 4.56. The molecule has 88 valence electrons. The summed E-state index contributed by atoms with van der Waals surface area (Å²) in [5.74, 6) is 0.538. The van der Waals surface area contributed by atoms with Gasteiger partial charge in [0, 0.05) is 11.8 Å². The third-order valence-corrected chi connectivity index (χ3v) is 3.11. The first-order valence-electron chi connectivity index (χ1n) is 6.11. The van der Waals surface area contributed by atoms with E-state index in [0.29, 0.717) is 5.92 Å². The van der Waals surface area contributed by atoms with E-state index in [1.165, 1.54) is 22.3 Å². The summed E-state index contributed by atoms with van der Waals surface area (Å²) in [5, 5.41) is 0.